The Bertz CT molecular complexity index is 647. The monoisotopic (exact) mass is 234 g/mol. The van der Waals surface area contributed by atoms with Gasteiger partial charge in [-0.2, -0.15) is 0 Å². The zero-order valence-corrected chi connectivity index (χ0v) is 10.5. The Kier molecular flexibility index (Phi) is 2.89. The van der Waals surface area contributed by atoms with E-state index in [2.05, 4.69) is 60.4 Å². The third kappa shape index (κ3) is 2.04. The topological polar surface area (TPSA) is 15.8 Å². The highest BCUT2D eigenvalue weighted by Gasteiger charge is 2.03. The van der Waals surface area contributed by atoms with Crippen molar-refractivity contribution >= 4 is 10.9 Å². The largest absolute Gasteiger partial charge is 0.360 e. The van der Waals surface area contributed by atoms with E-state index in [0.29, 0.717) is 0 Å². The third-order valence-electron chi connectivity index (χ3n) is 3.42. The molecule has 3 aromatic rings. The molecule has 0 saturated heterocycles. The summed E-state index contributed by atoms with van der Waals surface area (Å²) in [4.78, 5) is 3.28. The molecule has 89 valence electrons. The van der Waals surface area contributed by atoms with Crippen LogP contribution in [0.1, 0.15) is 23.6 Å². The van der Waals surface area contributed by atoms with Crippen LogP contribution in [0.3, 0.4) is 0 Å². The lowest BCUT2D eigenvalue weighted by Crippen LogP contribution is -1.90. The van der Waals surface area contributed by atoms with Crippen LogP contribution >= 0.6 is 0 Å². The second-order valence-electron chi connectivity index (χ2n) is 4.62. The van der Waals surface area contributed by atoms with E-state index in [1.54, 1.807) is 0 Å². The molecule has 0 unspecified atom stereocenters. The van der Waals surface area contributed by atoms with Gasteiger partial charge in [0.15, 0.2) is 0 Å². The van der Waals surface area contributed by atoms with Gasteiger partial charge >= 0.3 is 0 Å². The summed E-state index contributed by atoms with van der Waals surface area (Å²) < 4.78 is 0. The highest BCUT2D eigenvalue weighted by Crippen LogP contribution is 2.19. The Balaban J connectivity index is 1.93. The summed E-state index contributed by atoms with van der Waals surface area (Å²) >= 11 is 0. The molecule has 1 aromatic heterocycles. The van der Waals surface area contributed by atoms with Gasteiger partial charge in [0.25, 0.3) is 0 Å². The molecule has 1 N–H and O–H groups in total. The Hall–Kier alpha value is -2.02. The van der Waals surface area contributed by atoms with Crippen molar-refractivity contribution in [2.45, 2.75) is 19.8 Å². The first-order valence-corrected chi connectivity index (χ1v) is 6.41. The van der Waals surface area contributed by atoms with Gasteiger partial charge in [-0.1, -0.05) is 49.4 Å². The third-order valence-corrected chi connectivity index (χ3v) is 3.42. The quantitative estimate of drug-likeness (QED) is 0.701. The molecule has 0 saturated carbocycles. The van der Waals surface area contributed by atoms with Crippen molar-refractivity contribution in [3.05, 3.63) is 71.4 Å². The van der Waals surface area contributed by atoms with Crippen molar-refractivity contribution in [3.8, 4) is 0 Å². The molecule has 18 heavy (non-hydrogen) atoms. The average Bonchev–Trinajstić information content (AvgIpc) is 2.89. The minimum Gasteiger partial charge on any atom is -0.360 e. The summed E-state index contributed by atoms with van der Waals surface area (Å²) in [7, 11) is 0. The van der Waals surface area contributed by atoms with Gasteiger partial charge < -0.3 is 4.98 Å². The molecular weight excluding hydrogens is 218 g/mol. The molecule has 1 nitrogen and oxygen atoms in total. The maximum atomic E-state index is 3.28. The van der Waals surface area contributed by atoms with Gasteiger partial charge in [-0.15, -0.1) is 0 Å². The number of H-pyrrole nitrogens is 1. The summed E-state index contributed by atoms with van der Waals surface area (Å²) in [5.41, 5.74) is 5.29. The van der Waals surface area contributed by atoms with Gasteiger partial charge in [0, 0.05) is 23.2 Å². The van der Waals surface area contributed by atoms with E-state index in [0.717, 1.165) is 18.2 Å². The summed E-state index contributed by atoms with van der Waals surface area (Å²) in [6, 6.07) is 18.5. The summed E-state index contributed by atoms with van der Waals surface area (Å²) in [5.74, 6) is 0. The maximum Gasteiger partial charge on any atom is 0.0496 e. The number of para-hydroxylation sites is 1. The summed E-state index contributed by atoms with van der Waals surface area (Å²) in [6.45, 7) is 2.19. The SMILES string of the molecule is CCc1ccc(Cc2cccc3[c]c[nH]c23)cc1. The molecule has 0 atom stereocenters. The number of hydrogen-bond donors (Lipinski definition) is 1. The van der Waals surface area contributed by atoms with E-state index < -0.39 is 0 Å². The fourth-order valence-corrected chi connectivity index (χ4v) is 2.34. The number of benzene rings is 2. The Labute approximate surface area is 107 Å². The first kappa shape index (κ1) is 11.1. The number of aryl methyl sites for hydroxylation is 1. The number of hydrogen-bond acceptors (Lipinski definition) is 0. The van der Waals surface area contributed by atoms with Crippen molar-refractivity contribution in [1.29, 1.82) is 0 Å². The number of aromatic nitrogens is 1. The fraction of sp³-hybridized carbons (Fsp3) is 0.176. The van der Waals surface area contributed by atoms with E-state index in [-0.39, 0.29) is 0 Å². The molecule has 0 aliphatic heterocycles. The van der Waals surface area contributed by atoms with E-state index in [4.69, 9.17) is 0 Å². The average molecular weight is 234 g/mol. The summed E-state index contributed by atoms with van der Waals surface area (Å²) in [6.07, 6.45) is 3.95. The molecule has 0 aliphatic carbocycles. The Morgan fingerprint density at radius 1 is 1.00 bits per heavy atom. The second kappa shape index (κ2) is 4.69. The maximum absolute atomic E-state index is 3.28. The van der Waals surface area contributed by atoms with Crippen molar-refractivity contribution in [1.82, 2.24) is 4.98 Å². The molecule has 0 spiro atoms. The highest BCUT2D eigenvalue weighted by atomic mass is 14.7. The molecule has 0 bridgehead atoms. The number of nitrogens with one attached hydrogen (secondary N) is 1. The normalized spacial score (nSPS) is 10.9. The molecule has 1 heterocycles. The van der Waals surface area contributed by atoms with Crippen molar-refractivity contribution < 1.29 is 0 Å². The van der Waals surface area contributed by atoms with Crippen LogP contribution < -0.4 is 0 Å². The minimum absolute atomic E-state index is 0.968. The van der Waals surface area contributed by atoms with E-state index in [1.807, 2.05) is 6.20 Å². The molecule has 0 aliphatic rings. The van der Waals surface area contributed by atoms with Crippen molar-refractivity contribution in [2.75, 3.05) is 0 Å². The predicted molar refractivity (Wildman–Crippen MR) is 75.8 cm³/mol. The van der Waals surface area contributed by atoms with Crippen LogP contribution in [-0.4, -0.2) is 4.98 Å². The van der Waals surface area contributed by atoms with Crippen molar-refractivity contribution in [2.24, 2.45) is 0 Å². The number of rotatable bonds is 3. The van der Waals surface area contributed by atoms with Crippen LogP contribution in [-0.2, 0) is 12.8 Å². The van der Waals surface area contributed by atoms with Gasteiger partial charge in [-0.05, 0) is 29.5 Å². The van der Waals surface area contributed by atoms with Crippen LogP contribution in [0.15, 0.2) is 48.7 Å². The summed E-state index contributed by atoms with van der Waals surface area (Å²) in [5, 5.41) is 1.16. The van der Waals surface area contributed by atoms with E-state index in [9.17, 15) is 0 Å². The molecule has 2 aromatic carbocycles. The molecule has 1 heteroatoms. The lowest BCUT2D eigenvalue weighted by Gasteiger charge is -2.05. The minimum atomic E-state index is 0.968. The Morgan fingerprint density at radius 2 is 1.78 bits per heavy atom. The number of fused-ring (bicyclic) bond motifs is 1. The molecular formula is C17H16N. The highest BCUT2D eigenvalue weighted by molar-refractivity contribution is 5.82. The van der Waals surface area contributed by atoms with Gasteiger partial charge in [0.05, 0.1) is 0 Å². The fourth-order valence-electron chi connectivity index (χ4n) is 2.34. The van der Waals surface area contributed by atoms with Crippen LogP contribution in [0.2, 0.25) is 0 Å². The zero-order chi connectivity index (χ0) is 12.4. The van der Waals surface area contributed by atoms with Crippen LogP contribution in [0.5, 0.6) is 0 Å². The molecule has 0 fully saturated rings. The predicted octanol–water partition coefficient (Wildman–Crippen LogP) is 4.12. The first-order valence-electron chi connectivity index (χ1n) is 6.41. The smallest absolute Gasteiger partial charge is 0.0496 e. The van der Waals surface area contributed by atoms with Crippen LogP contribution in [0.25, 0.3) is 10.9 Å². The Morgan fingerprint density at radius 3 is 2.56 bits per heavy atom. The molecule has 1 radical (unpaired) electrons. The van der Waals surface area contributed by atoms with Crippen LogP contribution in [0, 0.1) is 6.07 Å². The lowest BCUT2D eigenvalue weighted by atomic mass is 10.0. The van der Waals surface area contributed by atoms with Crippen LogP contribution in [0.4, 0.5) is 0 Å². The molecule has 3 rings (SSSR count). The molecule has 0 amide bonds. The second-order valence-corrected chi connectivity index (χ2v) is 4.62. The number of aromatic amines is 1. The standard InChI is InChI=1S/C17H16N/c1-2-13-6-8-14(9-7-13)12-16-5-3-4-15-10-11-18-17(15)16/h3-9,11,18H,2,12H2,1H3. The van der Waals surface area contributed by atoms with Gasteiger partial charge in [-0.3, -0.25) is 0 Å². The van der Waals surface area contributed by atoms with Gasteiger partial charge in [0.2, 0.25) is 0 Å². The first-order chi connectivity index (χ1) is 8.86. The van der Waals surface area contributed by atoms with Gasteiger partial charge in [-0.25, -0.2) is 0 Å². The van der Waals surface area contributed by atoms with Gasteiger partial charge in [0.1, 0.15) is 0 Å². The lowest BCUT2D eigenvalue weighted by molar-refractivity contribution is 1.12. The zero-order valence-electron chi connectivity index (χ0n) is 10.5. The van der Waals surface area contributed by atoms with E-state index in [1.165, 1.54) is 22.2 Å². The van der Waals surface area contributed by atoms with E-state index >= 15 is 0 Å². The van der Waals surface area contributed by atoms with Crippen molar-refractivity contribution in [3.63, 3.8) is 0 Å².